The summed E-state index contributed by atoms with van der Waals surface area (Å²) in [6.45, 7) is 5.19. The maximum Gasteiger partial charge on any atom is 0.318 e. The van der Waals surface area contributed by atoms with Crippen molar-refractivity contribution in [3.63, 3.8) is 0 Å². The molecule has 5 rings (SSSR count). The second kappa shape index (κ2) is 11.5. The molecule has 0 aromatic heterocycles. The maximum absolute atomic E-state index is 13.1. The van der Waals surface area contributed by atoms with Gasteiger partial charge in [0.05, 0.1) is 19.4 Å². The summed E-state index contributed by atoms with van der Waals surface area (Å²) in [5.41, 5.74) is 2.87. The third kappa shape index (κ3) is 5.39. The van der Waals surface area contributed by atoms with Crippen LogP contribution >= 0.6 is 12.4 Å². The largest absolute Gasteiger partial charge is 0.495 e. The van der Waals surface area contributed by atoms with Crippen molar-refractivity contribution in [2.45, 2.75) is 12.3 Å². The molecule has 0 N–H and O–H groups in total. The van der Waals surface area contributed by atoms with Crippen molar-refractivity contribution < 1.29 is 19.0 Å². The molecule has 2 aliphatic rings. The number of hydrogen-bond acceptors (Lipinski definition) is 6. The number of rotatable bonds is 7. The number of para-hydroxylation sites is 4. The summed E-state index contributed by atoms with van der Waals surface area (Å²) in [6, 6.07) is 23.5. The van der Waals surface area contributed by atoms with Crippen molar-refractivity contribution in [1.29, 1.82) is 0 Å². The normalized spacial score (nSPS) is 15.3. The minimum atomic E-state index is -0.453. The minimum absolute atomic E-state index is 0. The molecule has 0 amide bonds. The molecule has 1 saturated heterocycles. The first-order valence-corrected chi connectivity index (χ1v) is 11.9. The van der Waals surface area contributed by atoms with Crippen molar-refractivity contribution >= 4 is 24.1 Å². The zero-order chi connectivity index (χ0) is 23.3. The van der Waals surface area contributed by atoms with E-state index in [1.165, 1.54) is 0 Å². The van der Waals surface area contributed by atoms with E-state index in [1.807, 2.05) is 66.7 Å². The van der Waals surface area contributed by atoms with E-state index in [-0.39, 0.29) is 18.4 Å². The van der Waals surface area contributed by atoms with Crippen LogP contribution in [0.2, 0.25) is 0 Å². The molecule has 0 aliphatic carbocycles. The van der Waals surface area contributed by atoms with Crippen LogP contribution in [0.15, 0.2) is 72.8 Å². The van der Waals surface area contributed by atoms with Crippen LogP contribution in [-0.4, -0.2) is 57.3 Å². The van der Waals surface area contributed by atoms with E-state index in [9.17, 15) is 4.79 Å². The molecule has 0 radical (unpaired) electrons. The monoisotopic (exact) mass is 494 g/mol. The topological polar surface area (TPSA) is 51.2 Å². The average Bonchev–Trinajstić information content (AvgIpc) is 2.90. The molecule has 0 atom stereocenters. The molecule has 184 valence electrons. The molecule has 0 unspecified atom stereocenters. The second-order valence-electron chi connectivity index (χ2n) is 8.63. The van der Waals surface area contributed by atoms with E-state index in [0.29, 0.717) is 6.61 Å². The zero-order valence-corrected chi connectivity index (χ0v) is 20.7. The van der Waals surface area contributed by atoms with Gasteiger partial charge in [-0.05, 0) is 30.7 Å². The molecule has 2 heterocycles. The van der Waals surface area contributed by atoms with E-state index >= 15 is 0 Å². The van der Waals surface area contributed by atoms with Crippen LogP contribution in [0.1, 0.15) is 23.5 Å². The first kappa shape index (κ1) is 24.9. The highest BCUT2D eigenvalue weighted by molar-refractivity contribution is 5.85. The van der Waals surface area contributed by atoms with Gasteiger partial charge in [0.25, 0.3) is 0 Å². The van der Waals surface area contributed by atoms with Gasteiger partial charge in [-0.1, -0.05) is 48.5 Å². The Balaban J connectivity index is 0.00000289. The summed E-state index contributed by atoms with van der Waals surface area (Å²) in [7, 11) is 1.72. The molecule has 3 aromatic carbocycles. The molecule has 7 heteroatoms. The molecular formula is C28H31ClN2O4. The van der Waals surface area contributed by atoms with Gasteiger partial charge in [-0.15, -0.1) is 12.4 Å². The summed E-state index contributed by atoms with van der Waals surface area (Å²) in [5, 5.41) is 0. The third-order valence-corrected chi connectivity index (χ3v) is 6.58. The minimum Gasteiger partial charge on any atom is -0.495 e. The first-order chi connectivity index (χ1) is 16.7. The Kier molecular flexibility index (Phi) is 8.16. The number of hydrogen-bond donors (Lipinski definition) is 0. The smallest absolute Gasteiger partial charge is 0.318 e. The Morgan fingerprint density at radius 2 is 1.49 bits per heavy atom. The molecule has 1 fully saturated rings. The number of nitrogens with zero attached hydrogens (tertiary/aromatic N) is 2. The van der Waals surface area contributed by atoms with Gasteiger partial charge < -0.3 is 19.1 Å². The number of esters is 1. The number of anilines is 1. The van der Waals surface area contributed by atoms with E-state index in [1.54, 1.807) is 7.11 Å². The number of carbonyl (C=O) groups is 1. The van der Waals surface area contributed by atoms with Gasteiger partial charge in [-0.25, -0.2) is 0 Å². The summed E-state index contributed by atoms with van der Waals surface area (Å²) in [5.74, 6) is 1.68. The Labute approximate surface area is 212 Å². The highest BCUT2D eigenvalue weighted by atomic mass is 35.5. The SMILES string of the molecule is COc1ccccc1N1CCN(CCCOC(=O)C2c3ccccc3Oc3ccccc32)CC1.Cl. The number of ether oxygens (including phenoxy) is 3. The summed E-state index contributed by atoms with van der Waals surface area (Å²) >= 11 is 0. The van der Waals surface area contributed by atoms with Crippen LogP contribution in [0.5, 0.6) is 17.2 Å². The fraction of sp³-hybridized carbons (Fsp3) is 0.321. The number of methoxy groups -OCH3 is 1. The lowest BCUT2D eigenvalue weighted by atomic mass is 9.88. The lowest BCUT2D eigenvalue weighted by Crippen LogP contribution is -2.46. The van der Waals surface area contributed by atoms with Gasteiger partial charge >= 0.3 is 5.97 Å². The van der Waals surface area contributed by atoms with E-state index in [0.717, 1.165) is 73.2 Å². The number of fused-ring (bicyclic) bond motifs is 2. The molecule has 35 heavy (non-hydrogen) atoms. The Morgan fingerprint density at radius 3 is 2.14 bits per heavy atom. The predicted octanol–water partition coefficient (Wildman–Crippen LogP) is 5.11. The van der Waals surface area contributed by atoms with Crippen LogP contribution in [-0.2, 0) is 9.53 Å². The van der Waals surface area contributed by atoms with Crippen molar-refractivity contribution in [1.82, 2.24) is 4.90 Å². The third-order valence-electron chi connectivity index (χ3n) is 6.58. The van der Waals surface area contributed by atoms with Gasteiger partial charge in [0.2, 0.25) is 0 Å². The second-order valence-corrected chi connectivity index (χ2v) is 8.63. The number of benzene rings is 3. The van der Waals surface area contributed by atoms with Crippen LogP contribution < -0.4 is 14.4 Å². The molecule has 0 bridgehead atoms. The number of carbonyl (C=O) groups excluding carboxylic acids is 1. The zero-order valence-electron chi connectivity index (χ0n) is 19.9. The molecule has 2 aliphatic heterocycles. The molecule has 0 spiro atoms. The number of piperazine rings is 1. The van der Waals surface area contributed by atoms with Gasteiger partial charge in [0.15, 0.2) is 0 Å². The lowest BCUT2D eigenvalue weighted by Gasteiger charge is -2.36. The average molecular weight is 495 g/mol. The highest BCUT2D eigenvalue weighted by Gasteiger charge is 2.33. The van der Waals surface area contributed by atoms with Crippen molar-refractivity contribution in [3.8, 4) is 17.2 Å². The Morgan fingerprint density at radius 1 is 0.886 bits per heavy atom. The predicted molar refractivity (Wildman–Crippen MR) is 139 cm³/mol. The first-order valence-electron chi connectivity index (χ1n) is 11.9. The summed E-state index contributed by atoms with van der Waals surface area (Å²) < 4.78 is 17.3. The lowest BCUT2D eigenvalue weighted by molar-refractivity contribution is -0.144. The van der Waals surface area contributed by atoms with Crippen LogP contribution in [0.25, 0.3) is 0 Å². The summed E-state index contributed by atoms with van der Waals surface area (Å²) in [4.78, 5) is 17.9. The molecule has 3 aromatic rings. The standard InChI is InChI=1S/C28H30N2O4.ClH/c1-32-26-14-7-4-11-23(26)30-18-16-29(17-19-30)15-8-20-33-28(31)27-21-9-2-5-12-24(21)34-25-13-6-3-10-22(25)27;/h2-7,9-14,27H,8,15-20H2,1H3;1H. The quantitative estimate of drug-likeness (QED) is 0.336. The molecular weight excluding hydrogens is 464 g/mol. The fourth-order valence-corrected chi connectivity index (χ4v) is 4.81. The van der Waals surface area contributed by atoms with Gasteiger partial charge in [0.1, 0.15) is 23.2 Å². The summed E-state index contributed by atoms with van der Waals surface area (Å²) in [6.07, 6.45) is 0.812. The van der Waals surface area contributed by atoms with Crippen LogP contribution in [0, 0.1) is 0 Å². The van der Waals surface area contributed by atoms with Crippen molar-refractivity contribution in [3.05, 3.63) is 83.9 Å². The van der Waals surface area contributed by atoms with E-state index < -0.39 is 5.92 Å². The Bertz CT molecular complexity index is 1100. The van der Waals surface area contributed by atoms with Gasteiger partial charge in [-0.3, -0.25) is 9.69 Å². The Hall–Kier alpha value is -3.22. The van der Waals surface area contributed by atoms with Crippen molar-refractivity contribution in [2.75, 3.05) is 51.3 Å². The number of halogens is 1. The fourth-order valence-electron chi connectivity index (χ4n) is 4.81. The molecule has 0 saturated carbocycles. The highest BCUT2D eigenvalue weighted by Crippen LogP contribution is 2.44. The molecule has 6 nitrogen and oxygen atoms in total. The van der Waals surface area contributed by atoms with E-state index in [2.05, 4.69) is 15.9 Å². The van der Waals surface area contributed by atoms with Gasteiger partial charge in [-0.2, -0.15) is 0 Å². The van der Waals surface area contributed by atoms with Crippen molar-refractivity contribution in [2.24, 2.45) is 0 Å². The van der Waals surface area contributed by atoms with Gasteiger partial charge in [0, 0.05) is 43.9 Å². The van der Waals surface area contributed by atoms with Crippen LogP contribution in [0.4, 0.5) is 5.69 Å². The van der Waals surface area contributed by atoms with E-state index in [4.69, 9.17) is 14.2 Å². The maximum atomic E-state index is 13.1. The van der Waals surface area contributed by atoms with Crippen LogP contribution in [0.3, 0.4) is 0 Å².